The van der Waals surface area contributed by atoms with Crippen molar-refractivity contribution < 1.29 is 14.6 Å². The number of hydrogen-bond acceptors (Lipinski definition) is 2. The van der Waals surface area contributed by atoms with Crippen molar-refractivity contribution in [3.63, 3.8) is 0 Å². The number of ether oxygens (including phenoxy) is 1. The third kappa shape index (κ3) is 5.03. The van der Waals surface area contributed by atoms with Gasteiger partial charge in [-0.2, -0.15) is 0 Å². The molecule has 0 bridgehead atoms. The molecule has 0 heterocycles. The van der Waals surface area contributed by atoms with Crippen molar-refractivity contribution in [3.05, 3.63) is 29.3 Å². The molecule has 0 aliphatic heterocycles. The van der Waals surface area contributed by atoms with Crippen LogP contribution in [0.4, 0.5) is 0 Å². The molecule has 3 nitrogen and oxygen atoms in total. The molecule has 0 aromatic heterocycles. The van der Waals surface area contributed by atoms with Gasteiger partial charge in [0.15, 0.2) is 0 Å². The van der Waals surface area contributed by atoms with Gasteiger partial charge >= 0.3 is 5.97 Å². The average molecular weight is 415 g/mol. The van der Waals surface area contributed by atoms with E-state index in [-0.39, 0.29) is 6.10 Å². The molecule has 3 heteroatoms. The Morgan fingerprint density at radius 3 is 2.13 bits per heavy atom. The number of benzene rings is 1. The Labute approximate surface area is 183 Å². The Morgan fingerprint density at radius 2 is 1.53 bits per heavy atom. The molecular formula is C27H42O3. The van der Waals surface area contributed by atoms with Gasteiger partial charge in [-0.25, -0.2) is 4.79 Å². The molecule has 0 spiro atoms. The van der Waals surface area contributed by atoms with Crippen molar-refractivity contribution in [3.8, 4) is 5.75 Å². The SMILES string of the molecule is CC1CCC(C(C)C)C(Oc2c(C(=O)O)cccc2C2CC(C)CCC2C(C)C)C1. The summed E-state index contributed by atoms with van der Waals surface area (Å²) >= 11 is 0. The first-order valence-corrected chi connectivity index (χ1v) is 12.2. The summed E-state index contributed by atoms with van der Waals surface area (Å²) in [6, 6.07) is 5.80. The van der Waals surface area contributed by atoms with E-state index in [1.807, 2.05) is 6.07 Å². The molecule has 168 valence electrons. The molecule has 6 atom stereocenters. The van der Waals surface area contributed by atoms with Crippen LogP contribution in [0.15, 0.2) is 18.2 Å². The lowest BCUT2D eigenvalue weighted by Crippen LogP contribution is -2.37. The number of hydrogen-bond donors (Lipinski definition) is 1. The molecular weight excluding hydrogens is 372 g/mol. The highest BCUT2D eigenvalue weighted by Gasteiger charge is 2.37. The Balaban J connectivity index is 2.03. The summed E-state index contributed by atoms with van der Waals surface area (Å²) in [6.07, 6.45) is 7.14. The number of carboxylic acid groups (broad SMARTS) is 1. The van der Waals surface area contributed by atoms with Crippen molar-refractivity contribution in [1.29, 1.82) is 0 Å². The van der Waals surface area contributed by atoms with Gasteiger partial charge in [-0.3, -0.25) is 0 Å². The summed E-state index contributed by atoms with van der Waals surface area (Å²) in [4.78, 5) is 12.2. The lowest BCUT2D eigenvalue weighted by molar-refractivity contribution is 0.0418. The van der Waals surface area contributed by atoms with Gasteiger partial charge in [0.2, 0.25) is 0 Å². The lowest BCUT2D eigenvalue weighted by atomic mass is 9.67. The fourth-order valence-corrected chi connectivity index (χ4v) is 6.11. The molecule has 1 N–H and O–H groups in total. The number of carboxylic acids is 1. The predicted molar refractivity (Wildman–Crippen MR) is 123 cm³/mol. The molecule has 2 fully saturated rings. The number of carbonyl (C=O) groups is 1. The maximum absolute atomic E-state index is 12.2. The maximum atomic E-state index is 12.2. The molecule has 3 rings (SSSR count). The van der Waals surface area contributed by atoms with E-state index in [4.69, 9.17) is 4.74 Å². The van der Waals surface area contributed by atoms with E-state index in [1.54, 1.807) is 6.07 Å². The zero-order valence-electron chi connectivity index (χ0n) is 19.9. The van der Waals surface area contributed by atoms with Crippen molar-refractivity contribution in [2.24, 2.45) is 35.5 Å². The van der Waals surface area contributed by atoms with Gasteiger partial charge < -0.3 is 9.84 Å². The van der Waals surface area contributed by atoms with Gasteiger partial charge in [0.25, 0.3) is 0 Å². The Bertz CT molecular complexity index is 723. The molecule has 2 aliphatic rings. The van der Waals surface area contributed by atoms with E-state index in [1.165, 1.54) is 25.7 Å². The average Bonchev–Trinajstić information content (AvgIpc) is 2.67. The zero-order chi connectivity index (χ0) is 22.0. The first-order chi connectivity index (χ1) is 14.2. The molecule has 2 saturated carbocycles. The summed E-state index contributed by atoms with van der Waals surface area (Å²) in [5.41, 5.74) is 1.48. The minimum absolute atomic E-state index is 0.103. The second kappa shape index (κ2) is 9.75. The van der Waals surface area contributed by atoms with E-state index in [9.17, 15) is 9.90 Å². The summed E-state index contributed by atoms with van der Waals surface area (Å²) in [7, 11) is 0. The fraction of sp³-hybridized carbons (Fsp3) is 0.741. The van der Waals surface area contributed by atoms with E-state index >= 15 is 0 Å². The highest BCUT2D eigenvalue weighted by Crippen LogP contribution is 2.48. The largest absolute Gasteiger partial charge is 0.489 e. The molecule has 2 aliphatic carbocycles. The zero-order valence-corrected chi connectivity index (χ0v) is 19.9. The lowest BCUT2D eigenvalue weighted by Gasteiger charge is -2.41. The van der Waals surface area contributed by atoms with Crippen LogP contribution in [-0.2, 0) is 0 Å². The van der Waals surface area contributed by atoms with Crippen LogP contribution >= 0.6 is 0 Å². The monoisotopic (exact) mass is 414 g/mol. The first-order valence-electron chi connectivity index (χ1n) is 12.2. The summed E-state index contributed by atoms with van der Waals surface area (Å²) in [5, 5.41) is 9.99. The molecule has 1 aromatic rings. The summed E-state index contributed by atoms with van der Waals surface area (Å²) in [5.74, 6) is 3.67. The van der Waals surface area contributed by atoms with Gasteiger partial charge in [0.05, 0.1) is 0 Å². The van der Waals surface area contributed by atoms with E-state index in [0.29, 0.717) is 52.7 Å². The van der Waals surface area contributed by atoms with Crippen molar-refractivity contribution >= 4 is 5.97 Å². The number of para-hydroxylation sites is 1. The van der Waals surface area contributed by atoms with Crippen molar-refractivity contribution in [1.82, 2.24) is 0 Å². The van der Waals surface area contributed by atoms with E-state index in [2.05, 4.69) is 47.6 Å². The molecule has 30 heavy (non-hydrogen) atoms. The fourth-order valence-electron chi connectivity index (χ4n) is 6.11. The summed E-state index contributed by atoms with van der Waals surface area (Å²) < 4.78 is 6.76. The van der Waals surface area contributed by atoms with Crippen LogP contribution in [0.25, 0.3) is 0 Å². The maximum Gasteiger partial charge on any atom is 0.339 e. The van der Waals surface area contributed by atoms with Crippen LogP contribution in [0.5, 0.6) is 5.75 Å². The van der Waals surface area contributed by atoms with Crippen LogP contribution in [0, 0.1) is 35.5 Å². The number of rotatable bonds is 6. The third-order valence-electron chi connectivity index (χ3n) is 7.93. The van der Waals surface area contributed by atoms with E-state index < -0.39 is 5.97 Å². The quantitative estimate of drug-likeness (QED) is 0.527. The number of aromatic carboxylic acids is 1. The standard InChI is InChI=1S/C27H42O3/c1-16(2)20-12-10-18(5)14-24(20)22-8-7-9-23(27(28)29)26(22)30-25-15-19(6)11-13-21(25)17(3)4/h7-9,16-21,24-25H,10-15H2,1-6H3,(H,28,29). The van der Waals surface area contributed by atoms with Gasteiger partial charge in [-0.05, 0) is 78.7 Å². The van der Waals surface area contributed by atoms with Crippen LogP contribution in [0.3, 0.4) is 0 Å². The van der Waals surface area contributed by atoms with Gasteiger partial charge in [-0.15, -0.1) is 0 Å². The van der Waals surface area contributed by atoms with Crippen LogP contribution in [0.2, 0.25) is 0 Å². The van der Waals surface area contributed by atoms with Crippen molar-refractivity contribution in [2.45, 2.75) is 92.1 Å². The van der Waals surface area contributed by atoms with Crippen LogP contribution in [-0.4, -0.2) is 17.2 Å². The smallest absolute Gasteiger partial charge is 0.339 e. The molecule has 0 radical (unpaired) electrons. The summed E-state index contributed by atoms with van der Waals surface area (Å²) in [6.45, 7) is 13.8. The van der Waals surface area contributed by atoms with E-state index in [0.717, 1.165) is 18.4 Å². The highest BCUT2D eigenvalue weighted by molar-refractivity contribution is 5.91. The Morgan fingerprint density at radius 1 is 0.933 bits per heavy atom. The van der Waals surface area contributed by atoms with Crippen LogP contribution in [0.1, 0.15) is 102 Å². The molecule has 0 amide bonds. The second-order valence-electron chi connectivity index (χ2n) is 10.9. The predicted octanol–water partition coefficient (Wildman–Crippen LogP) is 7.40. The Hall–Kier alpha value is -1.51. The van der Waals surface area contributed by atoms with Gasteiger partial charge in [0, 0.05) is 0 Å². The van der Waals surface area contributed by atoms with Crippen molar-refractivity contribution in [2.75, 3.05) is 0 Å². The third-order valence-corrected chi connectivity index (χ3v) is 7.93. The van der Waals surface area contributed by atoms with Gasteiger partial charge in [-0.1, -0.05) is 66.5 Å². The minimum Gasteiger partial charge on any atom is -0.489 e. The molecule has 0 saturated heterocycles. The van der Waals surface area contributed by atoms with Gasteiger partial charge in [0.1, 0.15) is 17.4 Å². The molecule has 1 aromatic carbocycles. The molecule has 6 unspecified atom stereocenters. The minimum atomic E-state index is -0.873. The first kappa shape index (κ1) is 23.2. The highest BCUT2D eigenvalue weighted by atomic mass is 16.5. The normalized spacial score (nSPS) is 32.4. The Kier molecular flexibility index (Phi) is 7.52. The van der Waals surface area contributed by atoms with Crippen LogP contribution < -0.4 is 4.74 Å². The second-order valence-corrected chi connectivity index (χ2v) is 10.9. The topological polar surface area (TPSA) is 46.5 Å².